The molecule has 11 heteroatoms. The summed E-state index contributed by atoms with van der Waals surface area (Å²) < 4.78 is 34.7. The fraction of sp³-hybridized carbons (Fsp3) is 0.387. The molecule has 0 unspecified atom stereocenters. The maximum absolute atomic E-state index is 14.2. The number of ether oxygens (including phenoxy) is 6. The van der Waals surface area contributed by atoms with E-state index < -0.39 is 11.8 Å². The lowest BCUT2D eigenvalue weighted by Crippen LogP contribution is -2.37. The Morgan fingerprint density at radius 3 is 1.26 bits per heavy atom. The van der Waals surface area contributed by atoms with Gasteiger partial charge in [-0.1, -0.05) is 11.6 Å². The number of anilines is 1. The molecule has 2 amide bonds. The molecule has 0 saturated carbocycles. The Hall–Kier alpha value is -4.18. The van der Waals surface area contributed by atoms with Crippen LogP contribution in [-0.4, -0.2) is 56.4 Å². The minimum Gasteiger partial charge on any atom is -0.490 e. The predicted octanol–water partition coefficient (Wildman–Crippen LogP) is 6.61. The second-order valence-electron chi connectivity index (χ2n) is 8.48. The summed E-state index contributed by atoms with van der Waals surface area (Å²) in [5.41, 5.74) is 0.243. The molecule has 0 atom stereocenters. The summed E-state index contributed by atoms with van der Waals surface area (Å²) in [6.07, 6.45) is 1.36. The topological polar surface area (TPSA) is 106 Å². The molecule has 0 fully saturated rings. The van der Waals surface area contributed by atoms with Gasteiger partial charge in [0.05, 0.1) is 44.7 Å². The molecule has 1 heterocycles. The minimum absolute atomic E-state index is 0.0593. The molecule has 0 spiro atoms. The molecule has 0 bridgehead atoms. The summed E-state index contributed by atoms with van der Waals surface area (Å²) >= 11 is 6.08. The van der Waals surface area contributed by atoms with Crippen LogP contribution in [0, 0.1) is 0 Å². The molecule has 0 aliphatic carbocycles. The Balaban J connectivity index is 2.22. The second-order valence-corrected chi connectivity index (χ2v) is 8.92. The van der Waals surface area contributed by atoms with Crippen LogP contribution in [0.4, 0.5) is 5.82 Å². The molecule has 2 aromatic carbocycles. The van der Waals surface area contributed by atoms with Crippen molar-refractivity contribution in [2.75, 3.05) is 44.5 Å². The number of nitrogens with zero attached hydrogens (tertiary/aromatic N) is 2. The molecular formula is C31H37ClN2O8. The van der Waals surface area contributed by atoms with Crippen LogP contribution in [0.1, 0.15) is 62.3 Å². The van der Waals surface area contributed by atoms with Crippen molar-refractivity contribution >= 4 is 29.2 Å². The normalized spacial score (nSPS) is 10.5. The molecule has 226 valence electrons. The van der Waals surface area contributed by atoms with Crippen LogP contribution in [0.25, 0.3) is 0 Å². The average Bonchev–Trinajstić information content (AvgIpc) is 2.97. The van der Waals surface area contributed by atoms with Gasteiger partial charge in [-0.15, -0.1) is 0 Å². The number of carbonyl (C=O) groups is 2. The van der Waals surface area contributed by atoms with Crippen molar-refractivity contribution < 1.29 is 38.0 Å². The molecule has 10 nitrogen and oxygen atoms in total. The van der Waals surface area contributed by atoms with E-state index in [-0.39, 0.29) is 16.9 Å². The molecule has 0 saturated heterocycles. The van der Waals surface area contributed by atoms with E-state index in [0.29, 0.717) is 79.2 Å². The van der Waals surface area contributed by atoms with Crippen molar-refractivity contribution in [1.29, 1.82) is 0 Å². The number of pyridine rings is 1. The lowest BCUT2D eigenvalue weighted by molar-refractivity contribution is 0.0895. The summed E-state index contributed by atoms with van der Waals surface area (Å²) in [6.45, 7) is 12.9. The van der Waals surface area contributed by atoms with Gasteiger partial charge >= 0.3 is 0 Å². The lowest BCUT2D eigenvalue weighted by Gasteiger charge is -2.23. The van der Waals surface area contributed by atoms with Crippen LogP contribution < -0.4 is 33.3 Å². The highest BCUT2D eigenvalue weighted by Crippen LogP contribution is 2.41. The van der Waals surface area contributed by atoms with Crippen LogP contribution in [0.15, 0.2) is 42.6 Å². The van der Waals surface area contributed by atoms with E-state index in [1.807, 2.05) is 41.5 Å². The number of carbonyl (C=O) groups excluding carboxylic acids is 2. The molecule has 0 aliphatic heterocycles. The first kappa shape index (κ1) is 32.3. The van der Waals surface area contributed by atoms with Gasteiger partial charge in [0.15, 0.2) is 23.0 Å². The molecule has 3 aromatic rings. The van der Waals surface area contributed by atoms with Crippen molar-refractivity contribution in [2.24, 2.45) is 0 Å². The maximum atomic E-state index is 14.2. The fourth-order valence-corrected chi connectivity index (χ4v) is 4.19. The maximum Gasteiger partial charge on any atom is 0.266 e. The number of hydrogen-bond donors (Lipinski definition) is 0. The molecular weight excluding hydrogens is 564 g/mol. The molecule has 3 rings (SSSR count). The van der Waals surface area contributed by atoms with Crippen molar-refractivity contribution in [3.63, 3.8) is 0 Å². The number of imide groups is 1. The Morgan fingerprint density at radius 1 is 0.619 bits per heavy atom. The van der Waals surface area contributed by atoms with Crippen LogP contribution in [0.5, 0.6) is 34.5 Å². The third-order valence-corrected chi connectivity index (χ3v) is 5.88. The first-order chi connectivity index (χ1) is 20.3. The van der Waals surface area contributed by atoms with Crippen LogP contribution in [0.2, 0.25) is 5.02 Å². The van der Waals surface area contributed by atoms with Gasteiger partial charge in [0.2, 0.25) is 11.5 Å². The largest absolute Gasteiger partial charge is 0.490 e. The van der Waals surface area contributed by atoms with E-state index in [1.54, 1.807) is 6.07 Å². The Morgan fingerprint density at radius 2 is 0.976 bits per heavy atom. The summed E-state index contributed by atoms with van der Waals surface area (Å²) in [6, 6.07) is 9.11. The van der Waals surface area contributed by atoms with Crippen molar-refractivity contribution in [2.45, 2.75) is 41.5 Å². The third-order valence-electron chi connectivity index (χ3n) is 5.66. The van der Waals surface area contributed by atoms with Gasteiger partial charge in [-0.2, -0.15) is 0 Å². The summed E-state index contributed by atoms with van der Waals surface area (Å²) in [5.74, 6) is 0.681. The first-order valence-electron chi connectivity index (χ1n) is 14.0. The Kier molecular flexibility index (Phi) is 12.1. The van der Waals surface area contributed by atoms with Crippen molar-refractivity contribution in [3.05, 3.63) is 58.7 Å². The van der Waals surface area contributed by atoms with E-state index in [1.165, 1.54) is 36.5 Å². The van der Waals surface area contributed by atoms with Gasteiger partial charge in [0.25, 0.3) is 11.8 Å². The number of halogens is 1. The first-order valence-corrected chi connectivity index (χ1v) is 14.3. The van der Waals surface area contributed by atoms with Crippen LogP contribution >= 0.6 is 11.6 Å². The van der Waals surface area contributed by atoms with Gasteiger partial charge in [-0.3, -0.25) is 9.59 Å². The van der Waals surface area contributed by atoms with E-state index in [9.17, 15) is 9.59 Å². The van der Waals surface area contributed by atoms with Gasteiger partial charge in [-0.05, 0) is 77.9 Å². The number of aromatic nitrogens is 1. The molecule has 0 radical (unpaired) electrons. The quantitative estimate of drug-likeness (QED) is 0.178. The zero-order chi connectivity index (χ0) is 30.6. The Bertz CT molecular complexity index is 1230. The van der Waals surface area contributed by atoms with E-state index >= 15 is 0 Å². The van der Waals surface area contributed by atoms with Gasteiger partial charge in [0.1, 0.15) is 5.82 Å². The monoisotopic (exact) mass is 600 g/mol. The molecule has 0 N–H and O–H groups in total. The van der Waals surface area contributed by atoms with Gasteiger partial charge in [-0.25, -0.2) is 9.88 Å². The number of hydrogen-bond acceptors (Lipinski definition) is 9. The lowest BCUT2D eigenvalue weighted by atomic mass is 10.1. The molecule has 42 heavy (non-hydrogen) atoms. The minimum atomic E-state index is -0.676. The van der Waals surface area contributed by atoms with Crippen LogP contribution in [-0.2, 0) is 0 Å². The molecule has 0 aliphatic rings. The van der Waals surface area contributed by atoms with E-state index in [0.717, 1.165) is 4.90 Å². The number of benzene rings is 2. The number of rotatable bonds is 15. The van der Waals surface area contributed by atoms with Crippen LogP contribution in [0.3, 0.4) is 0 Å². The van der Waals surface area contributed by atoms with Gasteiger partial charge < -0.3 is 28.4 Å². The third kappa shape index (κ3) is 7.55. The fourth-order valence-electron chi connectivity index (χ4n) is 4.08. The Labute approximate surface area is 251 Å². The standard InChI is InChI=1S/C31H37ClN2O8/c1-7-37-23-15-20(16-24(38-8-2)28(23)41-11-5)30(35)34(27-14-13-22(32)19-33-27)31(36)21-17-25(39-9-3)29(42-12-6)26(18-21)40-10-4/h13-19H,7-12H2,1-6H3. The SMILES string of the molecule is CCOc1cc(C(=O)N(C(=O)c2cc(OCC)c(OCC)c(OCC)c2)c2ccc(Cl)cn2)cc(OCC)c1OCC. The summed E-state index contributed by atoms with van der Waals surface area (Å²) in [5, 5.41) is 0.343. The summed E-state index contributed by atoms with van der Waals surface area (Å²) in [4.78, 5) is 33.7. The highest BCUT2D eigenvalue weighted by molar-refractivity contribution is 6.30. The van der Waals surface area contributed by atoms with Gasteiger partial charge in [0, 0.05) is 17.3 Å². The second kappa shape index (κ2) is 15.7. The molecule has 1 aromatic heterocycles. The highest BCUT2D eigenvalue weighted by Gasteiger charge is 2.31. The smallest absolute Gasteiger partial charge is 0.266 e. The van der Waals surface area contributed by atoms with E-state index in [4.69, 9.17) is 40.0 Å². The predicted molar refractivity (Wildman–Crippen MR) is 160 cm³/mol. The average molecular weight is 601 g/mol. The zero-order valence-electron chi connectivity index (χ0n) is 24.8. The zero-order valence-corrected chi connectivity index (χ0v) is 25.6. The summed E-state index contributed by atoms with van der Waals surface area (Å²) in [7, 11) is 0. The van der Waals surface area contributed by atoms with Crippen molar-refractivity contribution in [1.82, 2.24) is 4.98 Å². The highest BCUT2D eigenvalue weighted by atomic mass is 35.5. The number of amides is 2. The van der Waals surface area contributed by atoms with Crippen molar-refractivity contribution in [3.8, 4) is 34.5 Å². The van der Waals surface area contributed by atoms with E-state index in [2.05, 4.69) is 4.98 Å².